The second-order valence-electron chi connectivity index (χ2n) is 4.84. The maximum atomic E-state index is 11.8. The molecule has 1 aliphatic rings. The van der Waals surface area contributed by atoms with Crippen molar-refractivity contribution in [3.8, 4) is 0 Å². The number of hydrogen-bond donors (Lipinski definition) is 2. The minimum atomic E-state index is -1.18. The quantitative estimate of drug-likeness (QED) is 0.659. The summed E-state index contributed by atoms with van der Waals surface area (Å²) in [5.41, 5.74) is 6.96. The molecule has 3 rings (SSSR count). The monoisotopic (exact) mass is 311 g/mol. The molecule has 106 valence electrons. The van der Waals surface area contributed by atoms with Gasteiger partial charge >= 0.3 is 0 Å². The Kier molecular flexibility index (Phi) is 4.18. The van der Waals surface area contributed by atoms with E-state index in [1.165, 1.54) is 0 Å². The molecule has 4 nitrogen and oxygen atoms in total. The normalized spacial score (nSPS) is 21.1. The Hall–Kier alpha value is -1.36. The number of pyridine rings is 1. The van der Waals surface area contributed by atoms with Gasteiger partial charge < -0.3 is 11.1 Å². The molecule has 6 heteroatoms. The van der Waals surface area contributed by atoms with Crippen LogP contribution >= 0.6 is 24.0 Å². The average molecular weight is 312 g/mol. The molecule has 1 aromatic carbocycles. The van der Waals surface area contributed by atoms with Crippen LogP contribution in [0.4, 0.5) is 0 Å². The fraction of sp³-hybridized carbons (Fsp3) is 0.286. The van der Waals surface area contributed by atoms with Crippen molar-refractivity contribution in [3.63, 3.8) is 0 Å². The lowest BCUT2D eigenvalue weighted by Crippen LogP contribution is -2.42. The zero-order chi connectivity index (χ0) is 13.5. The van der Waals surface area contributed by atoms with Crippen LogP contribution in [0.3, 0.4) is 0 Å². The number of fused-ring (bicyclic) bond motifs is 1. The van der Waals surface area contributed by atoms with E-state index < -0.39 is 10.9 Å². The summed E-state index contributed by atoms with van der Waals surface area (Å²) in [7, 11) is 0. The third-order valence-corrected chi connectivity index (χ3v) is 4.12. The summed E-state index contributed by atoms with van der Waals surface area (Å²) in [6, 6.07) is 7.65. The molecule has 0 bridgehead atoms. The number of carbonyl (C=O) groups is 1. The smallest absolute Gasteiger partial charge is 0.226 e. The largest absolute Gasteiger partial charge is 0.356 e. The molecule has 2 heterocycles. The predicted octanol–water partition coefficient (Wildman–Crippen LogP) is 2.14. The Labute approximate surface area is 128 Å². The molecular formula is C14H15Cl2N3O. The maximum Gasteiger partial charge on any atom is 0.226 e. The minimum absolute atomic E-state index is 0. The van der Waals surface area contributed by atoms with E-state index in [1.54, 1.807) is 12.4 Å². The van der Waals surface area contributed by atoms with Gasteiger partial charge in [-0.2, -0.15) is 0 Å². The van der Waals surface area contributed by atoms with Crippen LogP contribution in [0.15, 0.2) is 36.7 Å². The molecule has 1 amide bonds. The third kappa shape index (κ3) is 2.46. The number of benzene rings is 1. The summed E-state index contributed by atoms with van der Waals surface area (Å²) in [5.74, 6) is -0.480. The highest BCUT2D eigenvalue weighted by atomic mass is 35.5. The van der Waals surface area contributed by atoms with Crippen molar-refractivity contribution >= 4 is 40.7 Å². The number of rotatable bonds is 2. The lowest BCUT2D eigenvalue weighted by atomic mass is 9.90. The predicted molar refractivity (Wildman–Crippen MR) is 81.8 cm³/mol. The fourth-order valence-corrected chi connectivity index (χ4v) is 2.85. The van der Waals surface area contributed by atoms with Crippen LogP contribution in [-0.4, -0.2) is 17.4 Å². The van der Waals surface area contributed by atoms with Crippen LogP contribution in [0.5, 0.6) is 0 Å². The second kappa shape index (κ2) is 5.56. The van der Waals surface area contributed by atoms with Crippen molar-refractivity contribution in [2.24, 2.45) is 11.7 Å². The highest BCUT2D eigenvalue weighted by molar-refractivity contribution is 6.25. The fourth-order valence-electron chi connectivity index (χ4n) is 2.52. The van der Waals surface area contributed by atoms with Gasteiger partial charge in [0, 0.05) is 24.3 Å². The second-order valence-corrected chi connectivity index (χ2v) is 5.46. The lowest BCUT2D eigenvalue weighted by Gasteiger charge is -2.27. The van der Waals surface area contributed by atoms with Gasteiger partial charge in [0.1, 0.15) is 5.00 Å². The molecule has 2 aromatic rings. The Balaban J connectivity index is 0.00000147. The van der Waals surface area contributed by atoms with Gasteiger partial charge in [-0.15, -0.1) is 12.4 Å². The lowest BCUT2D eigenvalue weighted by molar-refractivity contribution is -0.123. The van der Waals surface area contributed by atoms with Crippen molar-refractivity contribution in [1.82, 2.24) is 10.3 Å². The zero-order valence-electron chi connectivity index (χ0n) is 10.7. The van der Waals surface area contributed by atoms with E-state index in [9.17, 15) is 4.79 Å². The first-order chi connectivity index (χ1) is 9.09. The standard InChI is InChI=1S/C14H14ClN3O.ClH/c15-14(16,12-4-6-18-13(12)19)11-2-1-9-3-5-17-8-10(9)7-11;/h1-3,5,7-8,12H,4,6,16H2,(H,18,19);1H. The van der Waals surface area contributed by atoms with E-state index in [1.807, 2.05) is 24.3 Å². The number of nitrogens with two attached hydrogens (primary N) is 1. The molecule has 2 unspecified atom stereocenters. The van der Waals surface area contributed by atoms with E-state index in [-0.39, 0.29) is 18.3 Å². The molecule has 0 aliphatic carbocycles. The van der Waals surface area contributed by atoms with Crippen LogP contribution in [0.2, 0.25) is 0 Å². The van der Waals surface area contributed by atoms with Crippen LogP contribution in [0.1, 0.15) is 12.0 Å². The Morgan fingerprint density at radius 2 is 2.15 bits per heavy atom. The van der Waals surface area contributed by atoms with Gasteiger partial charge in [0.15, 0.2) is 0 Å². The number of carbonyl (C=O) groups excluding carboxylic acids is 1. The van der Waals surface area contributed by atoms with E-state index in [0.717, 1.165) is 16.3 Å². The molecule has 1 aromatic heterocycles. The Morgan fingerprint density at radius 3 is 2.85 bits per heavy atom. The zero-order valence-corrected chi connectivity index (χ0v) is 12.2. The highest BCUT2D eigenvalue weighted by Gasteiger charge is 2.42. The van der Waals surface area contributed by atoms with Crippen molar-refractivity contribution < 1.29 is 4.79 Å². The van der Waals surface area contributed by atoms with Crippen molar-refractivity contribution in [2.45, 2.75) is 11.4 Å². The van der Waals surface area contributed by atoms with Gasteiger partial charge in [0.25, 0.3) is 0 Å². The molecular weight excluding hydrogens is 297 g/mol. The third-order valence-electron chi connectivity index (χ3n) is 3.64. The Bertz CT molecular complexity index is 645. The maximum absolute atomic E-state index is 11.8. The van der Waals surface area contributed by atoms with E-state index in [4.69, 9.17) is 17.3 Å². The first-order valence-corrected chi connectivity index (χ1v) is 6.56. The summed E-state index contributed by atoms with van der Waals surface area (Å²) in [6.07, 6.45) is 4.16. The first-order valence-electron chi connectivity index (χ1n) is 6.19. The molecule has 20 heavy (non-hydrogen) atoms. The molecule has 1 aliphatic heterocycles. The van der Waals surface area contributed by atoms with E-state index in [2.05, 4.69) is 10.3 Å². The number of alkyl halides is 1. The molecule has 3 N–H and O–H groups in total. The number of nitrogens with zero attached hydrogens (tertiary/aromatic N) is 1. The SMILES string of the molecule is Cl.NC(Cl)(c1ccc2ccncc2c1)C1CCNC1=O. The Morgan fingerprint density at radius 1 is 1.35 bits per heavy atom. The molecule has 0 spiro atoms. The topological polar surface area (TPSA) is 68.0 Å². The molecule has 0 radical (unpaired) electrons. The van der Waals surface area contributed by atoms with Crippen molar-refractivity contribution in [1.29, 1.82) is 0 Å². The van der Waals surface area contributed by atoms with Gasteiger partial charge in [0.05, 0.1) is 5.92 Å². The average Bonchev–Trinajstić information content (AvgIpc) is 2.85. The summed E-state index contributed by atoms with van der Waals surface area (Å²) >= 11 is 6.46. The number of nitrogens with one attached hydrogen (secondary N) is 1. The summed E-state index contributed by atoms with van der Waals surface area (Å²) in [6.45, 7) is 0.629. The molecule has 2 atom stereocenters. The van der Waals surface area contributed by atoms with Crippen LogP contribution in [0, 0.1) is 5.92 Å². The molecule has 1 fully saturated rings. The number of aromatic nitrogens is 1. The number of halogens is 2. The summed E-state index contributed by atoms with van der Waals surface area (Å²) < 4.78 is 0. The van der Waals surface area contributed by atoms with Crippen LogP contribution in [0.25, 0.3) is 10.8 Å². The van der Waals surface area contributed by atoms with Crippen molar-refractivity contribution in [3.05, 3.63) is 42.2 Å². The van der Waals surface area contributed by atoms with Gasteiger partial charge in [-0.3, -0.25) is 9.78 Å². The van der Waals surface area contributed by atoms with Gasteiger partial charge in [0.2, 0.25) is 5.91 Å². The number of amides is 1. The van der Waals surface area contributed by atoms with Crippen LogP contribution in [-0.2, 0) is 9.79 Å². The molecule has 0 saturated carbocycles. The summed E-state index contributed by atoms with van der Waals surface area (Å²) in [5, 5.41) is 4.80. The summed E-state index contributed by atoms with van der Waals surface area (Å²) in [4.78, 5) is 14.7. The number of hydrogen-bond acceptors (Lipinski definition) is 3. The van der Waals surface area contributed by atoms with Gasteiger partial charge in [-0.1, -0.05) is 23.7 Å². The van der Waals surface area contributed by atoms with Crippen molar-refractivity contribution in [2.75, 3.05) is 6.54 Å². The van der Waals surface area contributed by atoms with Crippen LogP contribution < -0.4 is 11.1 Å². The van der Waals surface area contributed by atoms with E-state index in [0.29, 0.717) is 13.0 Å². The van der Waals surface area contributed by atoms with E-state index >= 15 is 0 Å². The first kappa shape index (κ1) is 15.0. The molecule has 1 saturated heterocycles. The van der Waals surface area contributed by atoms with Gasteiger partial charge in [-0.05, 0) is 29.5 Å². The van der Waals surface area contributed by atoms with Gasteiger partial charge in [-0.25, -0.2) is 0 Å². The highest BCUT2D eigenvalue weighted by Crippen LogP contribution is 2.36. The minimum Gasteiger partial charge on any atom is -0.356 e.